The van der Waals surface area contributed by atoms with Crippen molar-refractivity contribution in [1.82, 2.24) is 4.98 Å². The van der Waals surface area contributed by atoms with Gasteiger partial charge in [-0.2, -0.15) is 0 Å². The maximum atomic E-state index is 14.9. The van der Waals surface area contributed by atoms with Crippen LogP contribution in [0.3, 0.4) is 0 Å². The Balaban J connectivity index is 1.19. The number of ether oxygens (including phenoxy) is 2. The molecule has 0 atom stereocenters. The van der Waals surface area contributed by atoms with Crippen LogP contribution >= 0.6 is 0 Å². The first kappa shape index (κ1) is 23.9. The number of hydrogen-bond donors (Lipinski definition) is 2. The van der Waals surface area contributed by atoms with E-state index in [0.717, 1.165) is 38.2 Å². The van der Waals surface area contributed by atoms with Gasteiger partial charge in [-0.05, 0) is 43.9 Å². The number of hydrogen-bond acceptors (Lipinski definition) is 7. The van der Waals surface area contributed by atoms with E-state index in [0.29, 0.717) is 30.3 Å². The summed E-state index contributed by atoms with van der Waals surface area (Å²) in [5.74, 6) is -0.779. The highest BCUT2D eigenvalue weighted by Crippen LogP contribution is 2.29. The van der Waals surface area contributed by atoms with Gasteiger partial charge in [0, 0.05) is 37.4 Å². The van der Waals surface area contributed by atoms with Crippen LogP contribution in [0, 0.1) is 24.1 Å². The first-order valence-corrected chi connectivity index (χ1v) is 11.7. The number of carbonyl (C=O) groups excluding carboxylic acids is 1. The lowest BCUT2D eigenvalue weighted by atomic mass is 9.97. The van der Waals surface area contributed by atoms with Crippen molar-refractivity contribution in [2.45, 2.75) is 38.9 Å². The summed E-state index contributed by atoms with van der Waals surface area (Å²) in [5.41, 5.74) is 8.18. The minimum Gasteiger partial charge on any atom is -0.460 e. The minimum absolute atomic E-state index is 0.0933. The molecule has 4 rings (SSSR count). The third kappa shape index (κ3) is 6.02. The van der Waals surface area contributed by atoms with Gasteiger partial charge in [-0.15, -0.1) is 0 Å². The number of aryl methyl sites for hydroxylation is 1. The van der Waals surface area contributed by atoms with Crippen LogP contribution in [0.2, 0.25) is 0 Å². The number of pyridine rings is 1. The SMILES string of the molecule is Cc1ccc(N2CCC(COC3CN(c4cccc(COC(=O)CC(=N)N)c4F)C3)CC2)cn1. The molecule has 1 aromatic heterocycles. The predicted molar refractivity (Wildman–Crippen MR) is 129 cm³/mol. The van der Waals surface area contributed by atoms with Crippen LogP contribution < -0.4 is 15.5 Å². The Morgan fingerprint density at radius 3 is 2.65 bits per heavy atom. The van der Waals surface area contributed by atoms with E-state index in [4.69, 9.17) is 20.6 Å². The van der Waals surface area contributed by atoms with Crippen molar-refractivity contribution in [3.63, 3.8) is 0 Å². The van der Waals surface area contributed by atoms with Crippen LogP contribution in [0.1, 0.15) is 30.5 Å². The molecule has 34 heavy (non-hydrogen) atoms. The van der Waals surface area contributed by atoms with E-state index in [9.17, 15) is 9.18 Å². The van der Waals surface area contributed by atoms with Crippen molar-refractivity contribution in [3.05, 3.63) is 53.6 Å². The Hall–Kier alpha value is -3.20. The normalized spacial score (nSPS) is 16.9. The summed E-state index contributed by atoms with van der Waals surface area (Å²) >= 11 is 0. The lowest BCUT2D eigenvalue weighted by Crippen LogP contribution is -2.53. The van der Waals surface area contributed by atoms with Crippen molar-refractivity contribution in [3.8, 4) is 0 Å². The largest absolute Gasteiger partial charge is 0.460 e. The summed E-state index contributed by atoms with van der Waals surface area (Å²) in [5, 5.41) is 7.12. The van der Waals surface area contributed by atoms with Gasteiger partial charge >= 0.3 is 5.97 Å². The number of anilines is 2. The monoisotopic (exact) mass is 469 g/mol. The van der Waals surface area contributed by atoms with Gasteiger partial charge in [0.15, 0.2) is 5.82 Å². The fraction of sp³-hybridized carbons (Fsp3) is 0.480. The molecule has 182 valence electrons. The number of benzene rings is 1. The van der Waals surface area contributed by atoms with E-state index < -0.39 is 11.8 Å². The zero-order chi connectivity index (χ0) is 24.1. The highest BCUT2D eigenvalue weighted by molar-refractivity contribution is 5.94. The number of esters is 1. The quantitative estimate of drug-likeness (QED) is 0.330. The zero-order valence-corrected chi connectivity index (χ0v) is 19.5. The van der Waals surface area contributed by atoms with E-state index in [-0.39, 0.29) is 25.0 Å². The lowest BCUT2D eigenvalue weighted by molar-refractivity contribution is -0.143. The molecule has 0 aliphatic carbocycles. The molecule has 0 unspecified atom stereocenters. The van der Waals surface area contributed by atoms with Gasteiger partial charge in [-0.25, -0.2) is 4.39 Å². The van der Waals surface area contributed by atoms with Crippen LogP contribution in [-0.2, 0) is 20.9 Å². The van der Waals surface area contributed by atoms with Crippen molar-refractivity contribution < 1.29 is 18.7 Å². The number of carbonyl (C=O) groups is 1. The summed E-state index contributed by atoms with van der Waals surface area (Å²) in [6, 6.07) is 9.24. The Kier molecular flexibility index (Phi) is 7.62. The second-order valence-corrected chi connectivity index (χ2v) is 9.06. The van der Waals surface area contributed by atoms with Crippen LogP contribution in [0.15, 0.2) is 36.5 Å². The standard InChI is InChI=1S/C25H32FN5O3/c1-17-5-6-20(12-29-17)30-9-7-18(8-10-30)15-33-21-13-31(14-21)22-4-2-3-19(25(22)26)16-34-24(32)11-23(27)28/h2-6,12,18,21H,7-11,13-16H2,1H3,(H3,27,28). The first-order valence-electron chi connectivity index (χ1n) is 11.7. The van der Waals surface area contributed by atoms with E-state index in [2.05, 4.69) is 16.0 Å². The maximum absolute atomic E-state index is 14.9. The van der Waals surface area contributed by atoms with Gasteiger partial charge in [0.1, 0.15) is 18.9 Å². The number of nitrogens with two attached hydrogens (primary N) is 1. The number of aromatic nitrogens is 1. The van der Waals surface area contributed by atoms with Gasteiger partial charge < -0.3 is 25.0 Å². The molecule has 2 aliphatic rings. The molecule has 8 nitrogen and oxygen atoms in total. The van der Waals surface area contributed by atoms with E-state index >= 15 is 0 Å². The van der Waals surface area contributed by atoms with Crippen molar-refractivity contribution in [1.29, 1.82) is 5.41 Å². The molecule has 2 aliphatic heterocycles. The molecule has 3 N–H and O–H groups in total. The summed E-state index contributed by atoms with van der Waals surface area (Å²) in [6.07, 6.45) is 3.91. The molecule has 0 radical (unpaired) electrons. The molecule has 3 heterocycles. The van der Waals surface area contributed by atoms with E-state index in [1.165, 1.54) is 5.69 Å². The zero-order valence-electron chi connectivity index (χ0n) is 19.5. The summed E-state index contributed by atoms with van der Waals surface area (Å²) in [6.45, 7) is 5.82. The lowest BCUT2D eigenvalue weighted by Gasteiger charge is -2.42. The molecule has 0 bridgehead atoms. The molecule has 2 aromatic rings. The third-order valence-corrected chi connectivity index (χ3v) is 6.41. The second kappa shape index (κ2) is 10.8. The van der Waals surface area contributed by atoms with Gasteiger partial charge in [0.2, 0.25) is 0 Å². The van der Waals surface area contributed by atoms with Crippen LogP contribution in [0.5, 0.6) is 0 Å². The van der Waals surface area contributed by atoms with E-state index in [1.807, 2.05) is 24.1 Å². The minimum atomic E-state index is -0.643. The maximum Gasteiger partial charge on any atom is 0.313 e. The number of rotatable bonds is 9. The molecule has 2 saturated heterocycles. The van der Waals surface area contributed by atoms with Crippen molar-refractivity contribution >= 4 is 23.2 Å². The fourth-order valence-corrected chi connectivity index (χ4v) is 4.30. The average Bonchev–Trinajstić information content (AvgIpc) is 2.79. The van der Waals surface area contributed by atoms with Gasteiger partial charge in [-0.1, -0.05) is 12.1 Å². The Morgan fingerprint density at radius 2 is 1.97 bits per heavy atom. The molecule has 9 heteroatoms. The van der Waals surface area contributed by atoms with Crippen molar-refractivity contribution in [2.24, 2.45) is 11.7 Å². The molecular formula is C25H32FN5O3. The summed E-state index contributed by atoms with van der Waals surface area (Å²) < 4.78 is 26.0. The smallest absolute Gasteiger partial charge is 0.313 e. The first-order chi connectivity index (χ1) is 16.4. The van der Waals surface area contributed by atoms with E-state index in [1.54, 1.807) is 18.2 Å². The number of nitrogens with one attached hydrogen (secondary N) is 1. The Bertz CT molecular complexity index is 1000. The summed E-state index contributed by atoms with van der Waals surface area (Å²) in [7, 11) is 0. The number of halogens is 1. The number of amidine groups is 1. The molecule has 0 spiro atoms. The highest BCUT2D eigenvalue weighted by atomic mass is 19.1. The van der Waals surface area contributed by atoms with Gasteiger partial charge in [-0.3, -0.25) is 15.2 Å². The predicted octanol–water partition coefficient (Wildman–Crippen LogP) is 3.02. The molecule has 0 amide bonds. The van der Waals surface area contributed by atoms with Crippen LogP contribution in [0.4, 0.5) is 15.8 Å². The Morgan fingerprint density at radius 1 is 1.21 bits per heavy atom. The summed E-state index contributed by atoms with van der Waals surface area (Å²) in [4.78, 5) is 20.3. The number of nitrogens with zero attached hydrogens (tertiary/aromatic N) is 3. The molecular weight excluding hydrogens is 437 g/mol. The average molecular weight is 470 g/mol. The topological polar surface area (TPSA) is 105 Å². The highest BCUT2D eigenvalue weighted by Gasteiger charge is 2.31. The fourth-order valence-electron chi connectivity index (χ4n) is 4.30. The third-order valence-electron chi connectivity index (χ3n) is 6.41. The van der Waals surface area contributed by atoms with Crippen LogP contribution in [-0.4, -0.2) is 55.7 Å². The number of piperidine rings is 1. The Labute approximate surface area is 199 Å². The van der Waals surface area contributed by atoms with Gasteiger partial charge in [0.05, 0.1) is 30.3 Å². The molecule has 1 aromatic carbocycles. The van der Waals surface area contributed by atoms with Crippen LogP contribution in [0.25, 0.3) is 0 Å². The molecule has 0 saturated carbocycles. The molecule has 2 fully saturated rings. The van der Waals surface area contributed by atoms with Gasteiger partial charge in [0.25, 0.3) is 0 Å². The second-order valence-electron chi connectivity index (χ2n) is 9.06. The van der Waals surface area contributed by atoms with Crippen molar-refractivity contribution in [2.75, 3.05) is 42.6 Å².